The lowest BCUT2D eigenvalue weighted by Gasteiger charge is -2.13. The highest BCUT2D eigenvalue weighted by Crippen LogP contribution is 2.37. The summed E-state index contributed by atoms with van der Waals surface area (Å²) in [6, 6.07) is 6.53. The van der Waals surface area contributed by atoms with Crippen molar-refractivity contribution in [2.45, 2.75) is 6.92 Å². The van der Waals surface area contributed by atoms with Crippen molar-refractivity contribution < 1.29 is 13.9 Å². The molecule has 2 rings (SSSR count). The van der Waals surface area contributed by atoms with Crippen LogP contribution in [0.1, 0.15) is 17.5 Å². The van der Waals surface area contributed by atoms with Crippen LogP contribution < -0.4 is 10.1 Å². The molecule has 106 valence electrons. The van der Waals surface area contributed by atoms with Crippen molar-refractivity contribution in [2.75, 3.05) is 11.9 Å². The standard InChI is InChI=1S/C13H10Br2ClNO3/c1-2-19-12-8(14)5-7(16)6-9(12)17-13(18)10-3-4-11(15)20-10/h3-6H,2H2,1H3,(H,17,18). The summed E-state index contributed by atoms with van der Waals surface area (Å²) >= 11 is 12.5. The van der Waals surface area contributed by atoms with Gasteiger partial charge in [0.25, 0.3) is 5.91 Å². The average Bonchev–Trinajstić information content (AvgIpc) is 2.80. The highest BCUT2D eigenvalue weighted by atomic mass is 79.9. The normalized spacial score (nSPS) is 10.4. The molecule has 0 aliphatic rings. The molecule has 0 unspecified atom stereocenters. The summed E-state index contributed by atoms with van der Waals surface area (Å²) in [5, 5.41) is 3.20. The molecule has 20 heavy (non-hydrogen) atoms. The number of furan rings is 1. The van der Waals surface area contributed by atoms with E-state index in [0.29, 0.717) is 32.2 Å². The molecule has 2 aromatic rings. The molecule has 1 heterocycles. The molecule has 0 radical (unpaired) electrons. The van der Waals surface area contributed by atoms with Gasteiger partial charge in [-0.25, -0.2) is 0 Å². The van der Waals surface area contributed by atoms with Crippen LogP contribution in [0.25, 0.3) is 0 Å². The molecule has 1 amide bonds. The first-order valence-corrected chi connectivity index (χ1v) is 7.66. The first-order valence-electron chi connectivity index (χ1n) is 5.69. The van der Waals surface area contributed by atoms with Crippen molar-refractivity contribution in [2.24, 2.45) is 0 Å². The van der Waals surface area contributed by atoms with Crippen molar-refractivity contribution in [1.82, 2.24) is 0 Å². The van der Waals surface area contributed by atoms with Crippen LogP contribution in [0.3, 0.4) is 0 Å². The second-order valence-corrected chi connectivity index (χ2v) is 5.83. The summed E-state index contributed by atoms with van der Waals surface area (Å²) in [6.07, 6.45) is 0. The minimum absolute atomic E-state index is 0.190. The van der Waals surface area contributed by atoms with Gasteiger partial charge >= 0.3 is 0 Å². The SMILES string of the molecule is CCOc1c(Br)cc(Cl)cc1NC(=O)c1ccc(Br)o1. The van der Waals surface area contributed by atoms with E-state index in [0.717, 1.165) is 0 Å². The lowest BCUT2D eigenvalue weighted by molar-refractivity contribution is 0.0995. The maximum atomic E-state index is 12.1. The van der Waals surface area contributed by atoms with Crippen LogP contribution >= 0.6 is 43.5 Å². The Kier molecular flexibility index (Phi) is 5.12. The molecular formula is C13H10Br2ClNO3. The van der Waals surface area contributed by atoms with Gasteiger partial charge in [-0.15, -0.1) is 0 Å². The number of halogens is 3. The van der Waals surface area contributed by atoms with Crippen LogP contribution in [0.2, 0.25) is 5.02 Å². The first kappa shape index (κ1) is 15.4. The predicted octanol–water partition coefficient (Wildman–Crippen LogP) is 5.11. The highest BCUT2D eigenvalue weighted by molar-refractivity contribution is 9.10. The largest absolute Gasteiger partial charge is 0.491 e. The highest BCUT2D eigenvalue weighted by Gasteiger charge is 2.16. The Morgan fingerprint density at radius 1 is 1.40 bits per heavy atom. The van der Waals surface area contributed by atoms with Gasteiger partial charge in [0.2, 0.25) is 0 Å². The van der Waals surface area contributed by atoms with Crippen LogP contribution in [0.5, 0.6) is 5.75 Å². The van der Waals surface area contributed by atoms with Gasteiger partial charge in [-0.05, 0) is 63.0 Å². The summed E-state index contributed by atoms with van der Waals surface area (Å²) in [6.45, 7) is 2.33. The Morgan fingerprint density at radius 3 is 2.75 bits per heavy atom. The molecular weight excluding hydrogens is 413 g/mol. The number of carbonyl (C=O) groups excluding carboxylic acids is 1. The van der Waals surface area contributed by atoms with Gasteiger partial charge in [-0.2, -0.15) is 0 Å². The number of amides is 1. The molecule has 1 aromatic carbocycles. The van der Waals surface area contributed by atoms with Gasteiger partial charge < -0.3 is 14.5 Å². The molecule has 0 spiro atoms. The fraction of sp³-hybridized carbons (Fsp3) is 0.154. The number of nitrogens with one attached hydrogen (secondary N) is 1. The molecule has 0 bridgehead atoms. The van der Waals surface area contributed by atoms with Gasteiger partial charge in [0, 0.05) is 5.02 Å². The molecule has 0 aliphatic carbocycles. The third-order valence-corrected chi connectivity index (χ3v) is 3.58. The van der Waals surface area contributed by atoms with E-state index in [9.17, 15) is 4.79 Å². The van der Waals surface area contributed by atoms with E-state index >= 15 is 0 Å². The predicted molar refractivity (Wildman–Crippen MR) is 84.7 cm³/mol. The summed E-state index contributed by atoms with van der Waals surface area (Å²) < 4.78 is 11.9. The fourth-order valence-corrected chi connectivity index (χ4v) is 2.80. The summed E-state index contributed by atoms with van der Waals surface area (Å²) in [4.78, 5) is 12.1. The molecule has 1 aromatic heterocycles. The number of ether oxygens (including phenoxy) is 1. The zero-order valence-electron chi connectivity index (χ0n) is 10.4. The van der Waals surface area contributed by atoms with Crippen LogP contribution in [0.4, 0.5) is 5.69 Å². The van der Waals surface area contributed by atoms with E-state index in [1.807, 2.05) is 6.92 Å². The van der Waals surface area contributed by atoms with Gasteiger partial charge in [0.15, 0.2) is 16.2 Å². The summed E-state index contributed by atoms with van der Waals surface area (Å²) in [5.41, 5.74) is 0.476. The Bertz CT molecular complexity index is 643. The van der Waals surface area contributed by atoms with E-state index < -0.39 is 0 Å². The van der Waals surface area contributed by atoms with E-state index in [-0.39, 0.29) is 11.7 Å². The molecule has 4 nitrogen and oxygen atoms in total. The molecule has 0 aliphatic heterocycles. The second kappa shape index (κ2) is 6.65. The van der Waals surface area contributed by atoms with Crippen molar-refractivity contribution in [1.29, 1.82) is 0 Å². The Hall–Kier alpha value is -0.980. The van der Waals surface area contributed by atoms with Crippen molar-refractivity contribution in [3.8, 4) is 5.75 Å². The Labute approximate surface area is 137 Å². The fourth-order valence-electron chi connectivity index (χ4n) is 1.56. The first-order chi connectivity index (χ1) is 9.51. The van der Waals surface area contributed by atoms with Gasteiger partial charge in [-0.3, -0.25) is 4.79 Å². The third kappa shape index (κ3) is 3.56. The number of rotatable bonds is 4. The lowest BCUT2D eigenvalue weighted by atomic mass is 10.2. The quantitative estimate of drug-likeness (QED) is 0.744. The zero-order valence-corrected chi connectivity index (χ0v) is 14.3. The number of hydrogen-bond acceptors (Lipinski definition) is 3. The van der Waals surface area contributed by atoms with Crippen LogP contribution in [0, 0.1) is 0 Å². The van der Waals surface area contributed by atoms with Crippen molar-refractivity contribution >= 4 is 55.1 Å². The maximum Gasteiger partial charge on any atom is 0.291 e. The minimum Gasteiger partial charge on any atom is -0.491 e. The minimum atomic E-state index is -0.384. The number of carbonyl (C=O) groups is 1. The molecule has 0 atom stereocenters. The second-order valence-electron chi connectivity index (χ2n) is 3.76. The van der Waals surface area contributed by atoms with E-state index in [2.05, 4.69) is 37.2 Å². The Morgan fingerprint density at radius 2 is 2.15 bits per heavy atom. The zero-order chi connectivity index (χ0) is 14.7. The maximum absolute atomic E-state index is 12.1. The van der Waals surface area contributed by atoms with Crippen LogP contribution in [-0.4, -0.2) is 12.5 Å². The van der Waals surface area contributed by atoms with Gasteiger partial charge in [0.1, 0.15) is 0 Å². The Balaban J connectivity index is 2.30. The van der Waals surface area contributed by atoms with E-state index in [1.54, 1.807) is 24.3 Å². The summed E-state index contributed by atoms with van der Waals surface area (Å²) in [5.74, 6) is 0.331. The average molecular weight is 423 g/mol. The number of hydrogen-bond donors (Lipinski definition) is 1. The molecule has 0 fully saturated rings. The van der Waals surface area contributed by atoms with E-state index in [1.165, 1.54) is 0 Å². The van der Waals surface area contributed by atoms with Crippen molar-refractivity contribution in [3.05, 3.63) is 44.2 Å². The monoisotopic (exact) mass is 421 g/mol. The molecule has 7 heteroatoms. The van der Waals surface area contributed by atoms with Crippen molar-refractivity contribution in [3.63, 3.8) is 0 Å². The molecule has 0 saturated carbocycles. The van der Waals surface area contributed by atoms with E-state index in [4.69, 9.17) is 20.8 Å². The lowest BCUT2D eigenvalue weighted by Crippen LogP contribution is -2.12. The summed E-state index contributed by atoms with van der Waals surface area (Å²) in [7, 11) is 0. The van der Waals surface area contributed by atoms with Crippen LogP contribution in [0.15, 0.2) is 37.8 Å². The third-order valence-electron chi connectivity index (χ3n) is 2.34. The van der Waals surface area contributed by atoms with Gasteiger partial charge in [0.05, 0.1) is 16.8 Å². The molecule has 0 saturated heterocycles. The number of anilines is 1. The molecule has 1 N–H and O–H groups in total. The van der Waals surface area contributed by atoms with Gasteiger partial charge in [-0.1, -0.05) is 11.6 Å². The number of benzene rings is 1. The topological polar surface area (TPSA) is 51.5 Å². The van der Waals surface area contributed by atoms with Crippen LogP contribution in [-0.2, 0) is 0 Å². The smallest absolute Gasteiger partial charge is 0.291 e.